The first kappa shape index (κ1) is 47.5. The van der Waals surface area contributed by atoms with Crippen LogP contribution in [0.4, 0.5) is 0 Å². The average Bonchev–Trinajstić information content (AvgIpc) is 3.26. The Morgan fingerprint density at radius 1 is 0.194 bits per heavy atom. The Hall–Kier alpha value is -11.0. The van der Waals surface area contributed by atoms with E-state index < -0.39 is 183 Å². The first-order chi connectivity index (χ1) is 34.0. The third-order valence-corrected chi connectivity index (χ3v) is 10.1. The smallest absolute Gasteiger partial charge is 0.212 e. The molecule has 24 nitrogen and oxygen atoms in total. The molecule has 0 aliphatic rings. The molecule has 8 aromatic rings. The molecule has 0 unspecified atom stereocenters. The minimum absolute atomic E-state index is 0.356. The third kappa shape index (κ3) is 8.93. The molecule has 0 spiro atoms. The van der Waals surface area contributed by atoms with E-state index in [4.69, 9.17) is 23.7 Å². The first-order valence-electron chi connectivity index (χ1n) is 20.0. The molecule has 370 valence electrons. The van der Waals surface area contributed by atoms with Crippen molar-refractivity contribution >= 4 is 0 Å². The summed E-state index contributed by atoms with van der Waals surface area (Å²) in [5.41, 5.74) is -2.58. The average molecular weight is 995 g/mol. The number of phenolic OH excluding ortho intramolecular Hbond substituents is 19. The predicted molar refractivity (Wildman–Crippen MR) is 242 cm³/mol. The van der Waals surface area contributed by atoms with Gasteiger partial charge in [-0.25, -0.2) is 0 Å². The first-order valence-corrected chi connectivity index (χ1v) is 20.0. The van der Waals surface area contributed by atoms with E-state index in [-0.39, 0.29) is 5.75 Å². The maximum Gasteiger partial charge on any atom is 0.212 e. The van der Waals surface area contributed by atoms with Crippen LogP contribution < -0.4 is 23.7 Å². The van der Waals surface area contributed by atoms with Crippen molar-refractivity contribution in [2.45, 2.75) is 0 Å². The standard InChI is InChI=1S/C48H34O24/c49-16-1-17(50)3-21(2-16)70-48-36(71-44-30(60)10-22(11-31(44)61)68-46-34(64)14-28(58)40(42(46)66)38-24(54)4-18(51)5-25(38)55)8-20(53)9-37(48)72-45-32(62)12-23(13-33(45)63)69-47-35(65)15-29(59)41(43(47)67)39-26(56)6-19(52)7-27(39)57/h1-15,49-67H. The molecular formula is C48H34O24. The summed E-state index contributed by atoms with van der Waals surface area (Å²) in [7, 11) is 0. The number of benzene rings is 8. The highest BCUT2D eigenvalue weighted by molar-refractivity contribution is 5.90. The van der Waals surface area contributed by atoms with Crippen molar-refractivity contribution in [2.24, 2.45) is 0 Å². The van der Waals surface area contributed by atoms with Gasteiger partial charge in [-0.1, -0.05) is 0 Å². The topological polar surface area (TPSA) is 431 Å². The molecule has 72 heavy (non-hydrogen) atoms. The number of hydrogen-bond donors (Lipinski definition) is 19. The van der Waals surface area contributed by atoms with Crippen molar-refractivity contribution in [3.8, 4) is 189 Å². The summed E-state index contributed by atoms with van der Waals surface area (Å²) in [6, 6.07) is 12.0. The molecule has 0 saturated heterocycles. The Labute approximate surface area is 399 Å². The molecule has 0 saturated carbocycles. The van der Waals surface area contributed by atoms with Crippen LogP contribution in [-0.2, 0) is 0 Å². The minimum Gasteiger partial charge on any atom is -0.508 e. The third-order valence-electron chi connectivity index (χ3n) is 10.1. The normalized spacial score (nSPS) is 11.0. The highest BCUT2D eigenvalue weighted by Crippen LogP contribution is 2.58. The van der Waals surface area contributed by atoms with E-state index in [1.54, 1.807) is 0 Å². The van der Waals surface area contributed by atoms with E-state index in [2.05, 4.69) is 0 Å². The fraction of sp³-hybridized carbons (Fsp3) is 0. The summed E-state index contributed by atoms with van der Waals surface area (Å²) in [5, 5.41) is 201. The van der Waals surface area contributed by atoms with Crippen molar-refractivity contribution in [3.05, 3.63) is 91.0 Å². The number of rotatable bonds is 12. The van der Waals surface area contributed by atoms with Crippen molar-refractivity contribution < 1.29 is 121 Å². The second-order valence-electron chi connectivity index (χ2n) is 15.2. The van der Waals surface area contributed by atoms with Crippen LogP contribution in [0.1, 0.15) is 0 Å². The van der Waals surface area contributed by atoms with Gasteiger partial charge in [-0.3, -0.25) is 0 Å². The molecule has 0 fully saturated rings. The second kappa shape index (κ2) is 17.9. The molecule has 0 amide bonds. The van der Waals surface area contributed by atoms with Crippen LogP contribution in [0, 0.1) is 0 Å². The van der Waals surface area contributed by atoms with E-state index in [0.29, 0.717) is 12.1 Å². The summed E-state index contributed by atoms with van der Waals surface area (Å²) in [6.45, 7) is 0. The van der Waals surface area contributed by atoms with Gasteiger partial charge in [-0.2, -0.15) is 0 Å². The fourth-order valence-electron chi connectivity index (χ4n) is 7.14. The lowest BCUT2D eigenvalue weighted by atomic mass is 10.00. The number of aromatic hydroxyl groups is 19. The molecule has 0 aliphatic heterocycles. The van der Waals surface area contributed by atoms with Gasteiger partial charge in [0.15, 0.2) is 57.5 Å². The Bertz CT molecular complexity index is 3200. The Kier molecular flexibility index (Phi) is 11.8. The van der Waals surface area contributed by atoms with E-state index >= 15 is 0 Å². The molecule has 0 heterocycles. The van der Waals surface area contributed by atoms with Crippen molar-refractivity contribution in [1.29, 1.82) is 0 Å². The van der Waals surface area contributed by atoms with Gasteiger partial charge in [0, 0.05) is 91.0 Å². The summed E-state index contributed by atoms with van der Waals surface area (Å²) < 4.78 is 28.5. The van der Waals surface area contributed by atoms with Crippen LogP contribution in [0.25, 0.3) is 22.3 Å². The highest BCUT2D eigenvalue weighted by Gasteiger charge is 2.30. The lowest BCUT2D eigenvalue weighted by Gasteiger charge is -2.20. The van der Waals surface area contributed by atoms with Gasteiger partial charge in [0.25, 0.3) is 0 Å². The Balaban J connectivity index is 1.15. The summed E-state index contributed by atoms with van der Waals surface area (Å²) in [6.07, 6.45) is 0. The molecule has 8 rings (SSSR count). The zero-order valence-electron chi connectivity index (χ0n) is 35.7. The maximum absolute atomic E-state index is 11.1. The lowest BCUT2D eigenvalue weighted by molar-refractivity contribution is 0.333. The SMILES string of the molecule is Oc1cc(O)cc(Oc2c(Oc3c(O)cc(Oc4c(O)cc(O)c(-c5c(O)cc(O)cc5O)c4O)cc3O)cc(O)cc2Oc2c(O)cc(Oc3c(O)cc(O)c(-c4c(O)cc(O)cc4O)c3O)cc2O)c1. The summed E-state index contributed by atoms with van der Waals surface area (Å²) >= 11 is 0. The Morgan fingerprint density at radius 3 is 0.806 bits per heavy atom. The fourth-order valence-corrected chi connectivity index (χ4v) is 7.14. The number of ether oxygens (including phenoxy) is 5. The second-order valence-corrected chi connectivity index (χ2v) is 15.2. The van der Waals surface area contributed by atoms with E-state index in [0.717, 1.165) is 78.9 Å². The van der Waals surface area contributed by atoms with Gasteiger partial charge in [0.1, 0.15) is 80.5 Å². The highest BCUT2D eigenvalue weighted by atomic mass is 16.6. The van der Waals surface area contributed by atoms with Crippen LogP contribution in [-0.4, -0.2) is 97.0 Å². The zero-order valence-corrected chi connectivity index (χ0v) is 35.7. The van der Waals surface area contributed by atoms with Gasteiger partial charge in [0.2, 0.25) is 28.7 Å². The number of hydrogen-bond acceptors (Lipinski definition) is 24. The van der Waals surface area contributed by atoms with Crippen molar-refractivity contribution in [1.82, 2.24) is 0 Å². The molecule has 24 heteroatoms. The van der Waals surface area contributed by atoms with Crippen LogP contribution in [0.3, 0.4) is 0 Å². The largest absolute Gasteiger partial charge is 0.508 e. The summed E-state index contributed by atoms with van der Waals surface area (Å²) in [5.74, 6) is -22.7. The Morgan fingerprint density at radius 2 is 0.458 bits per heavy atom. The number of phenols is 19. The monoisotopic (exact) mass is 994 g/mol. The van der Waals surface area contributed by atoms with Gasteiger partial charge < -0.3 is 121 Å². The zero-order chi connectivity index (χ0) is 52.2. The van der Waals surface area contributed by atoms with E-state index in [1.807, 2.05) is 0 Å². The molecule has 19 N–H and O–H groups in total. The maximum atomic E-state index is 11.1. The molecule has 0 atom stereocenters. The molecular weight excluding hydrogens is 961 g/mol. The molecule has 0 radical (unpaired) electrons. The lowest BCUT2D eigenvalue weighted by Crippen LogP contribution is -1.97. The molecule has 0 bridgehead atoms. The predicted octanol–water partition coefficient (Wildman–Crippen LogP) is 8.39. The molecule has 8 aromatic carbocycles. The van der Waals surface area contributed by atoms with E-state index in [9.17, 15) is 97.0 Å². The van der Waals surface area contributed by atoms with Crippen molar-refractivity contribution in [2.75, 3.05) is 0 Å². The van der Waals surface area contributed by atoms with Gasteiger partial charge in [-0.05, 0) is 0 Å². The van der Waals surface area contributed by atoms with Crippen LogP contribution in [0.2, 0.25) is 0 Å². The minimum atomic E-state index is -1.09. The van der Waals surface area contributed by atoms with Gasteiger partial charge in [0.05, 0.1) is 22.3 Å². The molecule has 0 aliphatic carbocycles. The van der Waals surface area contributed by atoms with E-state index in [1.165, 1.54) is 0 Å². The quantitative estimate of drug-likeness (QED) is 0.0546. The van der Waals surface area contributed by atoms with Crippen molar-refractivity contribution in [3.63, 3.8) is 0 Å². The van der Waals surface area contributed by atoms with Crippen LogP contribution in [0.5, 0.6) is 167 Å². The van der Waals surface area contributed by atoms with Gasteiger partial charge in [-0.15, -0.1) is 0 Å². The van der Waals surface area contributed by atoms with Crippen LogP contribution in [0.15, 0.2) is 91.0 Å². The van der Waals surface area contributed by atoms with Gasteiger partial charge >= 0.3 is 0 Å². The molecule has 0 aromatic heterocycles. The summed E-state index contributed by atoms with van der Waals surface area (Å²) in [4.78, 5) is 0. The van der Waals surface area contributed by atoms with Crippen LogP contribution >= 0.6 is 0 Å².